The Labute approximate surface area is 89.1 Å². The summed E-state index contributed by atoms with van der Waals surface area (Å²) >= 11 is 0. The second-order valence-corrected chi connectivity index (χ2v) is 4.14. The molecule has 2 aromatic rings. The van der Waals surface area contributed by atoms with Crippen molar-refractivity contribution >= 4 is 5.65 Å². The van der Waals surface area contributed by atoms with Crippen LogP contribution in [0, 0.1) is 5.92 Å². The van der Waals surface area contributed by atoms with E-state index < -0.39 is 0 Å². The van der Waals surface area contributed by atoms with Crippen LogP contribution < -0.4 is 5.73 Å². The van der Waals surface area contributed by atoms with Crippen molar-refractivity contribution in [3.8, 4) is 0 Å². The summed E-state index contributed by atoms with van der Waals surface area (Å²) in [7, 11) is 0. The number of pyridine rings is 1. The molecule has 2 rings (SSSR count). The van der Waals surface area contributed by atoms with Gasteiger partial charge in [0, 0.05) is 6.20 Å². The molecular weight excluding hydrogens is 188 g/mol. The molecule has 1 unspecified atom stereocenters. The third-order valence-electron chi connectivity index (χ3n) is 2.81. The lowest BCUT2D eigenvalue weighted by Gasteiger charge is -2.19. The number of nitrogens with two attached hydrogens (primary N) is 1. The second kappa shape index (κ2) is 3.98. The van der Waals surface area contributed by atoms with Gasteiger partial charge < -0.3 is 5.73 Å². The fourth-order valence-electron chi connectivity index (χ4n) is 1.86. The molecule has 0 bridgehead atoms. The number of fused-ring (bicyclic) bond motifs is 1. The topological polar surface area (TPSA) is 56.2 Å². The Hall–Kier alpha value is -1.42. The smallest absolute Gasteiger partial charge is 0.160 e. The van der Waals surface area contributed by atoms with Gasteiger partial charge in [-0.1, -0.05) is 13.8 Å². The van der Waals surface area contributed by atoms with Crippen LogP contribution in [-0.4, -0.2) is 21.1 Å². The lowest BCUT2D eigenvalue weighted by molar-refractivity contribution is 0.506. The summed E-state index contributed by atoms with van der Waals surface area (Å²) in [6, 6.07) is 4.15. The van der Waals surface area contributed by atoms with Crippen molar-refractivity contribution in [2.45, 2.75) is 19.8 Å². The molecule has 0 amide bonds. The molecule has 2 N–H and O–H groups in total. The Morgan fingerprint density at radius 2 is 2.27 bits per heavy atom. The van der Waals surface area contributed by atoms with E-state index in [-0.39, 0.29) is 0 Å². The van der Waals surface area contributed by atoms with Gasteiger partial charge in [0.2, 0.25) is 0 Å². The molecule has 0 saturated heterocycles. The van der Waals surface area contributed by atoms with Gasteiger partial charge in [-0.3, -0.25) is 4.40 Å². The molecule has 0 aromatic carbocycles. The number of hydrogen-bond donors (Lipinski definition) is 1. The number of nitrogens with zero attached hydrogens (tertiary/aromatic N) is 3. The maximum Gasteiger partial charge on any atom is 0.160 e. The molecule has 0 fully saturated rings. The van der Waals surface area contributed by atoms with Gasteiger partial charge in [0.15, 0.2) is 5.65 Å². The Balaban J connectivity index is 2.41. The lowest BCUT2D eigenvalue weighted by atomic mass is 9.89. The number of aromatic nitrogens is 3. The van der Waals surface area contributed by atoms with E-state index >= 15 is 0 Å². The Morgan fingerprint density at radius 1 is 1.47 bits per heavy atom. The molecule has 4 heteroatoms. The lowest BCUT2D eigenvalue weighted by Crippen LogP contribution is -2.17. The first-order valence-electron chi connectivity index (χ1n) is 5.21. The predicted octanol–water partition coefficient (Wildman–Crippen LogP) is 1.43. The highest BCUT2D eigenvalue weighted by Crippen LogP contribution is 2.23. The quantitative estimate of drug-likeness (QED) is 0.822. The van der Waals surface area contributed by atoms with Crippen LogP contribution in [0.25, 0.3) is 5.65 Å². The van der Waals surface area contributed by atoms with Crippen LogP contribution in [0.15, 0.2) is 24.7 Å². The van der Waals surface area contributed by atoms with Crippen LogP contribution in [0.5, 0.6) is 0 Å². The second-order valence-electron chi connectivity index (χ2n) is 4.14. The number of hydrogen-bond acceptors (Lipinski definition) is 3. The summed E-state index contributed by atoms with van der Waals surface area (Å²) in [5.41, 5.74) is 7.91. The SMILES string of the molecule is CC(C)C(CN)c1ccn2cnnc2c1. The Bertz CT molecular complexity index is 447. The minimum absolute atomic E-state index is 0.395. The van der Waals surface area contributed by atoms with Crippen molar-refractivity contribution in [3.63, 3.8) is 0 Å². The van der Waals surface area contributed by atoms with Gasteiger partial charge in [-0.25, -0.2) is 0 Å². The molecule has 0 aliphatic heterocycles. The summed E-state index contributed by atoms with van der Waals surface area (Å²) in [4.78, 5) is 0. The molecule has 2 heterocycles. The molecule has 4 nitrogen and oxygen atoms in total. The van der Waals surface area contributed by atoms with Crippen molar-refractivity contribution in [1.29, 1.82) is 0 Å². The first kappa shape index (κ1) is 10.1. The van der Waals surface area contributed by atoms with Crippen LogP contribution in [0.2, 0.25) is 0 Å². The zero-order chi connectivity index (χ0) is 10.8. The van der Waals surface area contributed by atoms with E-state index in [9.17, 15) is 0 Å². The average molecular weight is 204 g/mol. The van der Waals surface area contributed by atoms with Crippen molar-refractivity contribution < 1.29 is 0 Å². The Kier molecular flexibility index (Phi) is 2.68. The highest BCUT2D eigenvalue weighted by molar-refractivity contribution is 5.41. The van der Waals surface area contributed by atoms with E-state index in [1.807, 2.05) is 10.6 Å². The fourth-order valence-corrected chi connectivity index (χ4v) is 1.86. The van der Waals surface area contributed by atoms with Crippen molar-refractivity contribution in [2.75, 3.05) is 6.54 Å². The van der Waals surface area contributed by atoms with Gasteiger partial charge in [-0.15, -0.1) is 10.2 Å². The van der Waals surface area contributed by atoms with Crippen LogP contribution in [-0.2, 0) is 0 Å². The maximum absolute atomic E-state index is 5.78. The highest BCUT2D eigenvalue weighted by Gasteiger charge is 2.14. The van der Waals surface area contributed by atoms with Gasteiger partial charge >= 0.3 is 0 Å². The van der Waals surface area contributed by atoms with Gasteiger partial charge in [0.25, 0.3) is 0 Å². The fraction of sp³-hybridized carbons (Fsp3) is 0.455. The van der Waals surface area contributed by atoms with Crippen molar-refractivity contribution in [3.05, 3.63) is 30.2 Å². The van der Waals surface area contributed by atoms with Gasteiger partial charge in [0.1, 0.15) is 6.33 Å². The van der Waals surface area contributed by atoms with E-state index in [1.54, 1.807) is 6.33 Å². The van der Waals surface area contributed by atoms with E-state index in [0.29, 0.717) is 18.4 Å². The standard InChI is InChI=1S/C11H16N4/c1-8(2)10(6-12)9-3-4-15-7-13-14-11(15)5-9/h3-5,7-8,10H,6,12H2,1-2H3. The summed E-state index contributed by atoms with van der Waals surface area (Å²) in [5.74, 6) is 0.937. The monoisotopic (exact) mass is 204 g/mol. The van der Waals surface area contributed by atoms with E-state index in [2.05, 4.69) is 36.2 Å². The van der Waals surface area contributed by atoms with Crippen LogP contribution >= 0.6 is 0 Å². The van der Waals surface area contributed by atoms with Crippen LogP contribution in [0.3, 0.4) is 0 Å². The Morgan fingerprint density at radius 3 is 2.93 bits per heavy atom. The summed E-state index contributed by atoms with van der Waals surface area (Å²) in [6.45, 7) is 5.04. The molecule has 0 radical (unpaired) electrons. The van der Waals surface area contributed by atoms with Crippen molar-refractivity contribution in [1.82, 2.24) is 14.6 Å². The van der Waals surface area contributed by atoms with Crippen molar-refractivity contribution in [2.24, 2.45) is 11.7 Å². The molecule has 0 aliphatic rings. The molecule has 0 aliphatic carbocycles. The van der Waals surface area contributed by atoms with Gasteiger partial charge in [0.05, 0.1) is 0 Å². The molecule has 1 atom stereocenters. The molecule has 0 spiro atoms. The van der Waals surface area contributed by atoms with E-state index in [1.165, 1.54) is 5.56 Å². The zero-order valence-corrected chi connectivity index (χ0v) is 9.09. The number of rotatable bonds is 3. The third kappa shape index (κ3) is 1.85. The largest absolute Gasteiger partial charge is 0.330 e. The summed E-state index contributed by atoms with van der Waals surface area (Å²) < 4.78 is 1.90. The molecule has 2 aromatic heterocycles. The highest BCUT2D eigenvalue weighted by atomic mass is 15.2. The predicted molar refractivity (Wildman–Crippen MR) is 59.6 cm³/mol. The molecule has 80 valence electrons. The van der Waals surface area contributed by atoms with E-state index in [4.69, 9.17) is 5.73 Å². The third-order valence-corrected chi connectivity index (χ3v) is 2.81. The molecule has 0 saturated carbocycles. The van der Waals surface area contributed by atoms with Crippen LogP contribution in [0.4, 0.5) is 0 Å². The van der Waals surface area contributed by atoms with Gasteiger partial charge in [-0.05, 0) is 36.1 Å². The first-order chi connectivity index (χ1) is 7.22. The minimum atomic E-state index is 0.395. The maximum atomic E-state index is 5.78. The molecular formula is C11H16N4. The average Bonchev–Trinajstić information content (AvgIpc) is 2.65. The molecule has 15 heavy (non-hydrogen) atoms. The van der Waals surface area contributed by atoms with Crippen LogP contribution in [0.1, 0.15) is 25.3 Å². The first-order valence-corrected chi connectivity index (χ1v) is 5.21. The summed E-state index contributed by atoms with van der Waals surface area (Å²) in [6.07, 6.45) is 3.68. The minimum Gasteiger partial charge on any atom is -0.330 e. The normalized spacial score (nSPS) is 13.6. The zero-order valence-electron chi connectivity index (χ0n) is 9.09. The van der Waals surface area contributed by atoms with E-state index in [0.717, 1.165) is 5.65 Å². The summed E-state index contributed by atoms with van der Waals surface area (Å²) in [5, 5.41) is 7.88. The van der Waals surface area contributed by atoms with Gasteiger partial charge in [-0.2, -0.15) is 0 Å².